The zero-order chi connectivity index (χ0) is 25.9. The summed E-state index contributed by atoms with van der Waals surface area (Å²) in [6.07, 6.45) is 1.85. The molecular formula is C35H21N3. The lowest BCUT2D eigenvalue weighted by Gasteiger charge is -2.45. The predicted octanol–water partition coefficient (Wildman–Crippen LogP) is 8.22. The average Bonchev–Trinajstić information content (AvgIpc) is 3.27. The van der Waals surface area contributed by atoms with Crippen LogP contribution in [0.25, 0.3) is 17.2 Å². The number of fused-ring (bicyclic) bond motifs is 9. The van der Waals surface area contributed by atoms with E-state index in [9.17, 15) is 10.5 Å². The molecule has 176 valence electrons. The van der Waals surface area contributed by atoms with Crippen molar-refractivity contribution in [2.24, 2.45) is 0 Å². The van der Waals surface area contributed by atoms with Crippen molar-refractivity contribution in [2.45, 2.75) is 5.41 Å². The normalized spacial score (nSPS) is 13.5. The van der Waals surface area contributed by atoms with Gasteiger partial charge in [0, 0.05) is 5.69 Å². The van der Waals surface area contributed by atoms with Gasteiger partial charge in [0.05, 0.1) is 40.1 Å². The van der Waals surface area contributed by atoms with E-state index in [2.05, 4.69) is 109 Å². The van der Waals surface area contributed by atoms with Gasteiger partial charge in [-0.2, -0.15) is 10.5 Å². The first-order chi connectivity index (χ1) is 18.7. The third-order valence-electron chi connectivity index (χ3n) is 7.88. The maximum Gasteiger partial charge on any atom is 0.0991 e. The van der Waals surface area contributed by atoms with Gasteiger partial charge in [0.25, 0.3) is 0 Å². The van der Waals surface area contributed by atoms with Crippen molar-refractivity contribution in [3.8, 4) is 23.3 Å². The molecule has 1 aliphatic heterocycles. The molecule has 0 amide bonds. The van der Waals surface area contributed by atoms with Crippen molar-refractivity contribution in [1.82, 2.24) is 0 Å². The number of hydrogen-bond donors (Lipinski definition) is 0. The summed E-state index contributed by atoms with van der Waals surface area (Å²) in [6, 6.07) is 42.0. The third-order valence-corrected chi connectivity index (χ3v) is 7.88. The Morgan fingerprint density at radius 1 is 0.605 bits per heavy atom. The predicted molar refractivity (Wildman–Crippen MR) is 152 cm³/mol. The Morgan fingerprint density at radius 2 is 1.11 bits per heavy atom. The number of benzene rings is 5. The fraction of sp³-hybridized carbons (Fsp3) is 0.0286. The molecular weight excluding hydrogens is 462 g/mol. The summed E-state index contributed by atoms with van der Waals surface area (Å²) in [4.78, 5) is 2.31. The highest BCUT2D eigenvalue weighted by Gasteiger charge is 2.51. The van der Waals surface area contributed by atoms with E-state index in [-0.39, 0.29) is 0 Å². The molecule has 0 unspecified atom stereocenters. The van der Waals surface area contributed by atoms with Crippen molar-refractivity contribution in [3.63, 3.8) is 0 Å². The second kappa shape index (κ2) is 8.07. The van der Waals surface area contributed by atoms with Crippen LogP contribution in [-0.2, 0) is 5.41 Å². The van der Waals surface area contributed by atoms with E-state index in [1.807, 2.05) is 30.3 Å². The highest BCUT2D eigenvalue weighted by Crippen LogP contribution is 2.63. The van der Waals surface area contributed by atoms with Crippen LogP contribution in [0.1, 0.15) is 38.9 Å². The van der Waals surface area contributed by atoms with Gasteiger partial charge >= 0.3 is 0 Å². The second-order valence-electron chi connectivity index (χ2n) is 9.66. The third kappa shape index (κ3) is 2.76. The largest absolute Gasteiger partial charge is 0.310 e. The minimum Gasteiger partial charge on any atom is -0.310 e. The standard InChI is InChI=1S/C35H21N3/c1-2-23-11-15-26(16-12-23)38-33-9-5-3-7-29(33)35(30-8-4-6-10-34(30)38)31-19-24(21-36)13-17-27(31)28-18-14-25(22-37)20-32(28)35/h2-20H,1H2. The summed E-state index contributed by atoms with van der Waals surface area (Å²) in [7, 11) is 0. The molecule has 5 aromatic rings. The van der Waals surface area contributed by atoms with Crippen LogP contribution in [-0.4, -0.2) is 0 Å². The molecule has 38 heavy (non-hydrogen) atoms. The number of hydrogen-bond acceptors (Lipinski definition) is 3. The number of para-hydroxylation sites is 2. The molecule has 3 heteroatoms. The number of rotatable bonds is 2. The lowest BCUT2D eigenvalue weighted by Crippen LogP contribution is -2.36. The minimum absolute atomic E-state index is 0.619. The molecule has 0 N–H and O–H groups in total. The van der Waals surface area contributed by atoms with Crippen LogP contribution in [0.3, 0.4) is 0 Å². The molecule has 1 aliphatic carbocycles. The summed E-state index contributed by atoms with van der Waals surface area (Å²) in [5, 5.41) is 19.7. The smallest absolute Gasteiger partial charge is 0.0991 e. The zero-order valence-electron chi connectivity index (χ0n) is 20.5. The zero-order valence-corrected chi connectivity index (χ0v) is 20.5. The topological polar surface area (TPSA) is 50.8 Å². The molecule has 5 aromatic carbocycles. The van der Waals surface area contributed by atoms with Gasteiger partial charge in [0.1, 0.15) is 0 Å². The van der Waals surface area contributed by atoms with E-state index in [4.69, 9.17) is 0 Å². The van der Waals surface area contributed by atoms with E-state index >= 15 is 0 Å². The van der Waals surface area contributed by atoms with Crippen molar-refractivity contribution in [1.29, 1.82) is 10.5 Å². The molecule has 7 rings (SSSR count). The Labute approximate surface area is 221 Å². The van der Waals surface area contributed by atoms with Crippen molar-refractivity contribution in [3.05, 3.63) is 155 Å². The van der Waals surface area contributed by atoms with Crippen molar-refractivity contribution in [2.75, 3.05) is 4.90 Å². The van der Waals surface area contributed by atoms with Gasteiger partial charge in [-0.25, -0.2) is 0 Å². The number of anilines is 3. The molecule has 0 aromatic heterocycles. The SMILES string of the molecule is C=Cc1ccc(N2c3ccccc3C3(c4cc(C#N)ccc4-c4ccc(C#N)cc43)c3ccccc32)cc1. The Hall–Kier alpha value is -5.38. The fourth-order valence-corrected chi connectivity index (χ4v) is 6.33. The first kappa shape index (κ1) is 21.9. The molecule has 1 spiro atoms. The summed E-state index contributed by atoms with van der Waals surface area (Å²) in [5.41, 5.74) is 11.4. The number of nitrogens with zero attached hydrogens (tertiary/aromatic N) is 3. The van der Waals surface area contributed by atoms with E-state index in [0.29, 0.717) is 11.1 Å². The van der Waals surface area contributed by atoms with Gasteiger partial charge in [-0.15, -0.1) is 0 Å². The molecule has 0 bridgehead atoms. The van der Waals surface area contributed by atoms with Gasteiger partial charge in [0.2, 0.25) is 0 Å². The molecule has 0 saturated carbocycles. The quantitative estimate of drug-likeness (QED) is 0.249. The summed E-state index contributed by atoms with van der Waals surface area (Å²) in [6.45, 7) is 3.90. The highest BCUT2D eigenvalue weighted by molar-refractivity contribution is 5.96. The molecule has 0 atom stereocenters. The van der Waals surface area contributed by atoms with Crippen LogP contribution < -0.4 is 4.90 Å². The monoisotopic (exact) mass is 483 g/mol. The van der Waals surface area contributed by atoms with Gasteiger partial charge in [0.15, 0.2) is 0 Å². The Bertz CT molecular complexity index is 1750. The molecule has 0 saturated heterocycles. The number of nitriles is 2. The Balaban J connectivity index is 1.64. The van der Waals surface area contributed by atoms with Crippen LogP contribution in [0.2, 0.25) is 0 Å². The summed E-state index contributed by atoms with van der Waals surface area (Å²) >= 11 is 0. The van der Waals surface area contributed by atoms with Crippen LogP contribution in [0.5, 0.6) is 0 Å². The van der Waals surface area contributed by atoms with Crippen LogP contribution >= 0.6 is 0 Å². The minimum atomic E-state index is -0.671. The van der Waals surface area contributed by atoms with Gasteiger partial charge in [-0.05, 0) is 87.5 Å². The van der Waals surface area contributed by atoms with Crippen molar-refractivity contribution < 1.29 is 0 Å². The lowest BCUT2D eigenvalue weighted by molar-refractivity contribution is 0.752. The second-order valence-corrected chi connectivity index (χ2v) is 9.66. The molecule has 2 aliphatic rings. The summed E-state index contributed by atoms with van der Waals surface area (Å²) in [5.74, 6) is 0. The van der Waals surface area contributed by atoms with Gasteiger partial charge in [-0.3, -0.25) is 0 Å². The van der Waals surface area contributed by atoms with Crippen molar-refractivity contribution >= 4 is 23.1 Å². The molecule has 1 heterocycles. The lowest BCUT2D eigenvalue weighted by atomic mass is 9.64. The van der Waals surface area contributed by atoms with Gasteiger partial charge in [-0.1, -0.05) is 73.3 Å². The van der Waals surface area contributed by atoms with Crippen LogP contribution in [0, 0.1) is 22.7 Å². The maximum absolute atomic E-state index is 9.87. The average molecular weight is 484 g/mol. The van der Waals surface area contributed by atoms with Crippen LogP contribution in [0.15, 0.2) is 116 Å². The van der Waals surface area contributed by atoms with Crippen LogP contribution in [0.4, 0.5) is 17.1 Å². The Kier molecular flexibility index (Phi) is 4.64. The van der Waals surface area contributed by atoms with E-state index in [0.717, 1.165) is 56.0 Å². The van der Waals surface area contributed by atoms with Gasteiger partial charge < -0.3 is 4.90 Å². The van der Waals surface area contributed by atoms with E-state index in [1.54, 1.807) is 0 Å². The van der Waals surface area contributed by atoms with E-state index < -0.39 is 5.41 Å². The first-order valence-corrected chi connectivity index (χ1v) is 12.5. The van der Waals surface area contributed by atoms with E-state index in [1.165, 1.54) is 0 Å². The Morgan fingerprint density at radius 3 is 1.58 bits per heavy atom. The molecule has 3 nitrogen and oxygen atoms in total. The first-order valence-electron chi connectivity index (χ1n) is 12.5. The maximum atomic E-state index is 9.87. The highest BCUT2D eigenvalue weighted by atomic mass is 15.2. The molecule has 0 radical (unpaired) electrons. The fourth-order valence-electron chi connectivity index (χ4n) is 6.33. The summed E-state index contributed by atoms with van der Waals surface area (Å²) < 4.78 is 0. The molecule has 0 fully saturated rings.